The molecule has 0 radical (unpaired) electrons. The zero-order valence-electron chi connectivity index (χ0n) is 11.2. The van der Waals surface area contributed by atoms with Crippen molar-refractivity contribution >= 4 is 40.9 Å². The molecular weight excluding hydrogens is 336 g/mol. The molecule has 1 heterocycles. The van der Waals surface area contributed by atoms with Crippen molar-refractivity contribution in [1.82, 2.24) is 20.4 Å². The fraction of sp³-hybridized carbons (Fsp3) is 0.250. The summed E-state index contributed by atoms with van der Waals surface area (Å²) in [5, 5.41) is 0.615. The summed E-state index contributed by atoms with van der Waals surface area (Å²) >= 11 is 12.9. The third-order valence-corrected chi connectivity index (χ3v) is 3.91. The maximum absolute atomic E-state index is 13.9. The Morgan fingerprint density at radius 3 is 2.67 bits per heavy atom. The van der Waals surface area contributed by atoms with Gasteiger partial charge in [-0.3, -0.25) is 5.43 Å². The summed E-state index contributed by atoms with van der Waals surface area (Å²) in [5.74, 6) is -0.0694. The number of hydrogen-bond donors (Lipinski definition) is 2. The lowest BCUT2D eigenvalue weighted by Crippen LogP contribution is -2.18. The molecule has 0 aliphatic rings. The zero-order chi connectivity index (χ0) is 15.4. The molecule has 1 aromatic heterocycles. The fourth-order valence-electron chi connectivity index (χ4n) is 1.61. The van der Waals surface area contributed by atoms with Crippen LogP contribution >= 0.6 is 35.0 Å². The Hall–Kier alpha value is -1.15. The molecule has 5 nitrogen and oxygen atoms in total. The van der Waals surface area contributed by atoms with Gasteiger partial charge in [-0.15, -0.1) is 0 Å². The lowest BCUT2D eigenvalue weighted by atomic mass is 10.1. The summed E-state index contributed by atoms with van der Waals surface area (Å²) in [4.78, 5) is 12.1. The van der Waals surface area contributed by atoms with Crippen molar-refractivity contribution in [2.24, 2.45) is 0 Å². The molecular formula is C12H12Cl2FN5S. The van der Waals surface area contributed by atoms with Crippen LogP contribution in [0.3, 0.4) is 0 Å². The predicted molar refractivity (Wildman–Crippen MR) is 83.2 cm³/mol. The summed E-state index contributed by atoms with van der Waals surface area (Å²) in [5.41, 5.74) is 5.93. The van der Waals surface area contributed by atoms with Crippen LogP contribution in [-0.2, 0) is 0 Å². The van der Waals surface area contributed by atoms with Gasteiger partial charge in [-0.1, -0.05) is 29.4 Å². The summed E-state index contributed by atoms with van der Waals surface area (Å²) in [6.07, 6.45) is 0. The average Bonchev–Trinajstić information content (AvgIpc) is 2.37. The maximum Gasteiger partial charge on any atom is 0.242 e. The summed E-state index contributed by atoms with van der Waals surface area (Å²) in [6.45, 7) is 1.85. The average molecular weight is 348 g/mol. The molecule has 0 saturated heterocycles. The predicted octanol–water partition coefficient (Wildman–Crippen LogP) is 3.72. The first-order valence-electron chi connectivity index (χ1n) is 5.95. The highest BCUT2D eigenvalue weighted by molar-refractivity contribution is 7.99. The third-order valence-electron chi connectivity index (χ3n) is 2.51. The molecule has 1 atom stereocenters. The van der Waals surface area contributed by atoms with Crippen LogP contribution in [0, 0.1) is 5.82 Å². The molecule has 0 saturated carbocycles. The molecule has 1 aromatic carbocycles. The van der Waals surface area contributed by atoms with Gasteiger partial charge in [-0.2, -0.15) is 15.0 Å². The van der Waals surface area contributed by atoms with E-state index in [4.69, 9.17) is 23.2 Å². The van der Waals surface area contributed by atoms with Crippen molar-refractivity contribution in [3.63, 3.8) is 0 Å². The van der Waals surface area contributed by atoms with Crippen LogP contribution in [-0.4, -0.2) is 22.0 Å². The molecule has 2 rings (SSSR count). The molecule has 0 aliphatic carbocycles. The molecule has 0 spiro atoms. The molecule has 2 aromatic rings. The highest BCUT2D eigenvalue weighted by Gasteiger charge is 2.15. The molecule has 112 valence electrons. The molecule has 0 amide bonds. The Kier molecular flexibility index (Phi) is 5.58. The Labute approximate surface area is 135 Å². The smallest absolute Gasteiger partial charge is 0.242 e. The Morgan fingerprint density at radius 1 is 1.24 bits per heavy atom. The molecule has 9 heteroatoms. The van der Waals surface area contributed by atoms with Gasteiger partial charge in [0, 0.05) is 22.9 Å². The summed E-state index contributed by atoms with van der Waals surface area (Å²) in [6, 6.07) is 4.57. The minimum Gasteiger partial charge on any atom is -0.290 e. The van der Waals surface area contributed by atoms with E-state index in [9.17, 15) is 4.39 Å². The lowest BCUT2D eigenvalue weighted by molar-refractivity contribution is 0.611. The van der Waals surface area contributed by atoms with E-state index in [2.05, 4.69) is 25.8 Å². The van der Waals surface area contributed by atoms with E-state index in [0.717, 1.165) is 0 Å². The van der Waals surface area contributed by atoms with E-state index < -0.39 is 0 Å². The van der Waals surface area contributed by atoms with Crippen molar-refractivity contribution in [2.75, 3.05) is 12.5 Å². The highest BCUT2D eigenvalue weighted by atomic mass is 35.5. The van der Waals surface area contributed by atoms with Crippen molar-refractivity contribution in [1.29, 1.82) is 0 Å². The van der Waals surface area contributed by atoms with E-state index in [1.54, 1.807) is 19.2 Å². The normalized spacial score (nSPS) is 12.2. The van der Waals surface area contributed by atoms with Gasteiger partial charge in [0.15, 0.2) is 5.16 Å². The van der Waals surface area contributed by atoms with Gasteiger partial charge in [-0.25, -0.2) is 9.82 Å². The number of anilines is 1. The molecule has 0 aliphatic heterocycles. The molecule has 1 unspecified atom stereocenters. The van der Waals surface area contributed by atoms with Gasteiger partial charge in [0.1, 0.15) is 5.82 Å². The molecule has 21 heavy (non-hydrogen) atoms. The maximum atomic E-state index is 13.9. The Bertz CT molecular complexity index is 643. The molecule has 0 bridgehead atoms. The number of hydrazine groups is 1. The van der Waals surface area contributed by atoms with Crippen LogP contribution in [0.1, 0.15) is 17.7 Å². The zero-order valence-corrected chi connectivity index (χ0v) is 13.5. The van der Waals surface area contributed by atoms with E-state index in [1.165, 1.54) is 17.8 Å². The first-order chi connectivity index (χ1) is 9.99. The van der Waals surface area contributed by atoms with Crippen LogP contribution < -0.4 is 10.9 Å². The van der Waals surface area contributed by atoms with Crippen molar-refractivity contribution in [3.05, 3.63) is 39.9 Å². The fourth-order valence-corrected chi connectivity index (χ4v) is 2.89. The van der Waals surface area contributed by atoms with Crippen LogP contribution in [0.25, 0.3) is 0 Å². The van der Waals surface area contributed by atoms with Gasteiger partial charge in [0.05, 0.1) is 0 Å². The Morgan fingerprint density at radius 2 is 2.00 bits per heavy atom. The number of hydrogen-bond acceptors (Lipinski definition) is 6. The van der Waals surface area contributed by atoms with Gasteiger partial charge in [-0.05, 0) is 30.7 Å². The number of aromatic nitrogens is 3. The van der Waals surface area contributed by atoms with Gasteiger partial charge in [0.25, 0.3) is 0 Å². The Balaban J connectivity index is 2.20. The molecule has 2 N–H and O–H groups in total. The lowest BCUT2D eigenvalue weighted by Gasteiger charge is -2.12. The largest absolute Gasteiger partial charge is 0.290 e. The standard InChI is InChI=1S/C12H12Cl2FN5S/c1-6(8-4-3-7(13)5-9(8)15)21-12-18-10(14)17-11(19-12)20-16-2/h3-6,16H,1-2H3,(H,17,18,19,20). The van der Waals surface area contributed by atoms with E-state index >= 15 is 0 Å². The number of halogens is 3. The van der Waals surface area contributed by atoms with E-state index in [1.807, 2.05) is 6.92 Å². The number of nitrogens with one attached hydrogen (secondary N) is 2. The first kappa shape index (κ1) is 16.2. The van der Waals surface area contributed by atoms with Crippen LogP contribution in [0.2, 0.25) is 10.3 Å². The first-order valence-corrected chi connectivity index (χ1v) is 7.59. The third kappa shape index (κ3) is 4.41. The van der Waals surface area contributed by atoms with Crippen LogP contribution in [0.15, 0.2) is 23.4 Å². The monoisotopic (exact) mass is 347 g/mol. The van der Waals surface area contributed by atoms with Crippen LogP contribution in [0.5, 0.6) is 0 Å². The van der Waals surface area contributed by atoms with Gasteiger partial charge < -0.3 is 0 Å². The van der Waals surface area contributed by atoms with Gasteiger partial charge >= 0.3 is 0 Å². The minimum atomic E-state index is -0.365. The second-order valence-electron chi connectivity index (χ2n) is 4.01. The second-order valence-corrected chi connectivity index (χ2v) is 6.09. The van der Waals surface area contributed by atoms with Gasteiger partial charge in [0.2, 0.25) is 11.2 Å². The SMILES string of the molecule is CNNc1nc(Cl)nc(SC(C)c2ccc(Cl)cc2F)n1. The van der Waals surface area contributed by atoms with Crippen molar-refractivity contribution in [2.45, 2.75) is 17.3 Å². The highest BCUT2D eigenvalue weighted by Crippen LogP contribution is 2.35. The number of nitrogens with zero attached hydrogens (tertiary/aromatic N) is 3. The number of rotatable bonds is 5. The quantitative estimate of drug-likeness (QED) is 0.634. The van der Waals surface area contributed by atoms with E-state index in [0.29, 0.717) is 21.7 Å². The van der Waals surface area contributed by atoms with Crippen molar-refractivity contribution < 1.29 is 4.39 Å². The number of benzene rings is 1. The van der Waals surface area contributed by atoms with E-state index in [-0.39, 0.29) is 16.4 Å². The summed E-state index contributed by atoms with van der Waals surface area (Å²) < 4.78 is 13.9. The minimum absolute atomic E-state index is 0.0639. The summed E-state index contributed by atoms with van der Waals surface area (Å²) in [7, 11) is 1.68. The molecule has 0 fully saturated rings. The number of thioether (sulfide) groups is 1. The van der Waals surface area contributed by atoms with Crippen molar-refractivity contribution in [3.8, 4) is 0 Å². The second kappa shape index (κ2) is 7.22. The van der Waals surface area contributed by atoms with Crippen LogP contribution in [0.4, 0.5) is 10.3 Å². The topological polar surface area (TPSA) is 62.7 Å².